The molecule has 1 unspecified atom stereocenters. The van der Waals surface area contributed by atoms with E-state index in [2.05, 4.69) is 21.2 Å². The minimum atomic E-state index is -0.562. The van der Waals surface area contributed by atoms with Gasteiger partial charge in [0.25, 0.3) is 5.91 Å². The summed E-state index contributed by atoms with van der Waals surface area (Å²) in [6, 6.07) is 11.4. The molecule has 0 aromatic heterocycles. The highest BCUT2D eigenvalue weighted by Gasteiger charge is 2.23. The monoisotopic (exact) mass is 453 g/mol. The van der Waals surface area contributed by atoms with Gasteiger partial charge in [-0.1, -0.05) is 25.1 Å². The third-order valence-corrected chi connectivity index (χ3v) is 5.88. The van der Waals surface area contributed by atoms with Crippen molar-refractivity contribution in [3.63, 3.8) is 0 Å². The van der Waals surface area contributed by atoms with E-state index in [1.165, 1.54) is 23.9 Å². The first-order valence-electron chi connectivity index (χ1n) is 8.54. The molecular formula is C20H21BrFNO3S. The van der Waals surface area contributed by atoms with Gasteiger partial charge < -0.3 is 10.1 Å². The Morgan fingerprint density at radius 2 is 1.89 bits per heavy atom. The van der Waals surface area contributed by atoms with Crippen molar-refractivity contribution in [2.45, 2.75) is 43.4 Å². The fourth-order valence-electron chi connectivity index (χ4n) is 2.26. The first kappa shape index (κ1) is 21.4. The predicted octanol–water partition coefficient (Wildman–Crippen LogP) is 5.66. The van der Waals surface area contributed by atoms with Gasteiger partial charge in [-0.3, -0.25) is 9.59 Å². The number of benzene rings is 2. The summed E-state index contributed by atoms with van der Waals surface area (Å²) in [5, 5.41) is 2.16. The molecule has 1 amide bonds. The molecule has 0 bridgehead atoms. The number of amides is 1. The van der Waals surface area contributed by atoms with E-state index in [9.17, 15) is 14.0 Å². The number of nitrogens with one attached hydrogen (secondary N) is 1. The maximum Gasteiger partial charge on any atom is 0.319 e. The first-order valence-corrected chi connectivity index (χ1v) is 10.2. The second kappa shape index (κ2) is 9.90. The maximum atomic E-state index is 14.3. The molecule has 27 heavy (non-hydrogen) atoms. The molecule has 0 aliphatic heterocycles. The number of hydrogen-bond acceptors (Lipinski definition) is 4. The summed E-state index contributed by atoms with van der Waals surface area (Å²) >= 11 is 4.60. The summed E-state index contributed by atoms with van der Waals surface area (Å²) in [6.45, 7) is 5.47. The van der Waals surface area contributed by atoms with Crippen molar-refractivity contribution in [1.82, 2.24) is 0 Å². The molecule has 0 radical (unpaired) electrons. The predicted molar refractivity (Wildman–Crippen MR) is 110 cm³/mol. The largest absolute Gasteiger partial charge is 0.462 e. The molecule has 1 N–H and O–H groups in total. The Kier molecular flexibility index (Phi) is 7.86. The third-order valence-electron chi connectivity index (χ3n) is 3.56. The molecule has 0 saturated heterocycles. The quantitative estimate of drug-likeness (QED) is 0.433. The third kappa shape index (κ3) is 6.07. The molecule has 0 aliphatic rings. The van der Waals surface area contributed by atoms with Crippen LogP contribution in [0.1, 0.15) is 37.6 Å². The Hall–Kier alpha value is -1.86. The van der Waals surface area contributed by atoms with Crippen LogP contribution in [0.4, 0.5) is 10.1 Å². The van der Waals surface area contributed by atoms with Crippen LogP contribution < -0.4 is 5.32 Å². The Labute approximate surface area is 171 Å². The summed E-state index contributed by atoms with van der Waals surface area (Å²) in [4.78, 5) is 25.2. The lowest BCUT2D eigenvalue weighted by molar-refractivity contribution is -0.146. The smallest absolute Gasteiger partial charge is 0.319 e. The lowest BCUT2D eigenvalue weighted by Crippen LogP contribution is -2.22. The molecule has 2 aromatic carbocycles. The molecule has 0 aliphatic carbocycles. The van der Waals surface area contributed by atoms with E-state index in [4.69, 9.17) is 4.74 Å². The molecule has 4 nitrogen and oxygen atoms in total. The SMILES string of the molecule is CCC(Sc1cc(NC(=O)c2ccccc2)c(F)cc1Br)C(=O)OC(C)C. The van der Waals surface area contributed by atoms with E-state index in [0.717, 1.165) is 0 Å². The average molecular weight is 454 g/mol. The molecule has 7 heteroatoms. The fraction of sp³-hybridized carbons (Fsp3) is 0.300. The molecule has 2 rings (SSSR count). The first-order chi connectivity index (χ1) is 12.8. The van der Waals surface area contributed by atoms with Crippen molar-refractivity contribution in [1.29, 1.82) is 0 Å². The van der Waals surface area contributed by atoms with Crippen molar-refractivity contribution in [3.05, 3.63) is 58.3 Å². The van der Waals surface area contributed by atoms with Crippen molar-refractivity contribution < 1.29 is 18.7 Å². The van der Waals surface area contributed by atoms with Crippen LogP contribution in [0, 0.1) is 5.82 Å². The van der Waals surface area contributed by atoms with E-state index >= 15 is 0 Å². The summed E-state index contributed by atoms with van der Waals surface area (Å²) in [7, 11) is 0. The summed E-state index contributed by atoms with van der Waals surface area (Å²) in [6.07, 6.45) is 0.357. The number of hydrogen-bond donors (Lipinski definition) is 1. The normalized spacial score (nSPS) is 11.9. The minimum absolute atomic E-state index is 0.0571. The second-order valence-electron chi connectivity index (χ2n) is 6.08. The molecule has 0 spiro atoms. The van der Waals surface area contributed by atoms with Crippen LogP contribution in [0.25, 0.3) is 0 Å². The van der Waals surface area contributed by atoms with Gasteiger partial charge in [-0.25, -0.2) is 4.39 Å². The van der Waals surface area contributed by atoms with E-state index in [1.807, 2.05) is 6.92 Å². The standard InChI is InChI=1S/C20H21BrFNO3S/c1-4-17(20(25)26-12(2)3)27-18-11-16(15(22)10-14(18)21)23-19(24)13-8-6-5-7-9-13/h5-12,17H,4H2,1-3H3,(H,23,24). The van der Waals surface area contributed by atoms with Gasteiger partial charge in [-0.05, 0) is 60.5 Å². The Morgan fingerprint density at radius 1 is 1.22 bits per heavy atom. The lowest BCUT2D eigenvalue weighted by Gasteiger charge is -2.17. The van der Waals surface area contributed by atoms with Crippen LogP contribution in [0.2, 0.25) is 0 Å². The van der Waals surface area contributed by atoms with E-state index < -0.39 is 17.0 Å². The van der Waals surface area contributed by atoms with E-state index in [0.29, 0.717) is 21.4 Å². The molecule has 1 atom stereocenters. The van der Waals surface area contributed by atoms with Gasteiger partial charge in [-0.2, -0.15) is 0 Å². The topological polar surface area (TPSA) is 55.4 Å². The van der Waals surface area contributed by atoms with E-state index in [1.54, 1.807) is 44.2 Å². The van der Waals surface area contributed by atoms with Gasteiger partial charge in [0.2, 0.25) is 0 Å². The highest BCUT2D eigenvalue weighted by Crippen LogP contribution is 2.36. The lowest BCUT2D eigenvalue weighted by atomic mass is 10.2. The van der Waals surface area contributed by atoms with Crippen molar-refractivity contribution in [2.24, 2.45) is 0 Å². The Bertz CT molecular complexity index is 814. The van der Waals surface area contributed by atoms with Gasteiger partial charge in [0.1, 0.15) is 11.1 Å². The van der Waals surface area contributed by atoms with Gasteiger partial charge in [0, 0.05) is 14.9 Å². The highest BCUT2D eigenvalue weighted by atomic mass is 79.9. The van der Waals surface area contributed by atoms with Gasteiger partial charge >= 0.3 is 5.97 Å². The van der Waals surface area contributed by atoms with Crippen LogP contribution in [0.3, 0.4) is 0 Å². The van der Waals surface area contributed by atoms with Crippen molar-refractivity contribution in [2.75, 3.05) is 5.32 Å². The number of carbonyl (C=O) groups is 2. The summed E-state index contributed by atoms with van der Waals surface area (Å²) in [5.74, 6) is -1.28. The van der Waals surface area contributed by atoms with Crippen LogP contribution in [-0.2, 0) is 9.53 Å². The van der Waals surface area contributed by atoms with Gasteiger partial charge in [0.05, 0.1) is 11.8 Å². The number of halogens is 2. The highest BCUT2D eigenvalue weighted by molar-refractivity contribution is 9.10. The molecule has 0 fully saturated rings. The molecule has 0 heterocycles. The average Bonchev–Trinajstić information content (AvgIpc) is 2.62. The Morgan fingerprint density at radius 3 is 2.48 bits per heavy atom. The molecule has 0 saturated carbocycles. The minimum Gasteiger partial charge on any atom is -0.462 e. The zero-order valence-corrected chi connectivity index (χ0v) is 17.7. The maximum absolute atomic E-state index is 14.3. The number of carbonyl (C=O) groups excluding carboxylic acids is 2. The fourth-order valence-corrected chi connectivity index (χ4v) is 3.84. The molecule has 144 valence electrons. The van der Waals surface area contributed by atoms with Gasteiger partial charge in [-0.15, -0.1) is 11.8 Å². The van der Waals surface area contributed by atoms with Crippen molar-refractivity contribution in [3.8, 4) is 0 Å². The molecular weight excluding hydrogens is 433 g/mol. The van der Waals surface area contributed by atoms with Gasteiger partial charge in [0.15, 0.2) is 0 Å². The molecule has 2 aromatic rings. The van der Waals surface area contributed by atoms with Crippen molar-refractivity contribution >= 4 is 45.3 Å². The zero-order chi connectivity index (χ0) is 20.0. The van der Waals surface area contributed by atoms with Crippen LogP contribution in [-0.4, -0.2) is 23.2 Å². The van der Waals surface area contributed by atoms with E-state index in [-0.39, 0.29) is 17.8 Å². The number of anilines is 1. The number of esters is 1. The van der Waals surface area contributed by atoms with Crippen LogP contribution in [0.15, 0.2) is 51.8 Å². The zero-order valence-electron chi connectivity index (χ0n) is 15.3. The summed E-state index contributed by atoms with van der Waals surface area (Å²) < 4.78 is 20.1. The van der Waals surface area contributed by atoms with Crippen LogP contribution in [0.5, 0.6) is 0 Å². The number of ether oxygens (including phenoxy) is 1. The Balaban J connectivity index is 2.22. The number of rotatable bonds is 7. The van der Waals surface area contributed by atoms with Crippen LogP contribution >= 0.6 is 27.7 Å². The summed E-state index contributed by atoms with van der Waals surface area (Å²) in [5.41, 5.74) is 0.489. The number of thioether (sulfide) groups is 1. The second-order valence-corrected chi connectivity index (χ2v) is 8.18.